The summed E-state index contributed by atoms with van der Waals surface area (Å²) in [6, 6.07) is 11.1. The van der Waals surface area contributed by atoms with Gasteiger partial charge in [-0.25, -0.2) is 0 Å². The number of amides is 1. The number of fused-ring (bicyclic) bond motifs is 1. The molecule has 5 heteroatoms. The fourth-order valence-electron chi connectivity index (χ4n) is 1.68. The quantitative estimate of drug-likeness (QED) is 0.588. The number of benzene rings is 1. The van der Waals surface area contributed by atoms with E-state index in [1.54, 1.807) is 18.3 Å². The van der Waals surface area contributed by atoms with Gasteiger partial charge in [0, 0.05) is 26.4 Å². The standard InChI is InChI=1S/C13H10N2O2.B/c16-13-12(8-9-4-3-7-14-9)17-11-6-2-1-5-10(11)15-13;/h1-8,14H,(H,15,16);. The van der Waals surface area contributed by atoms with Crippen molar-refractivity contribution in [2.45, 2.75) is 0 Å². The number of H-pyrrole nitrogens is 1. The minimum Gasteiger partial charge on any atom is -0.449 e. The van der Waals surface area contributed by atoms with Crippen molar-refractivity contribution in [1.82, 2.24) is 4.98 Å². The van der Waals surface area contributed by atoms with E-state index in [4.69, 9.17) is 4.74 Å². The second kappa shape index (κ2) is 4.83. The molecule has 0 aliphatic carbocycles. The molecule has 2 N–H and O–H groups in total. The minimum atomic E-state index is -0.238. The first kappa shape index (κ1) is 12.0. The fourth-order valence-corrected chi connectivity index (χ4v) is 1.68. The summed E-state index contributed by atoms with van der Waals surface area (Å²) in [5.74, 6) is 0.703. The number of para-hydroxylation sites is 2. The summed E-state index contributed by atoms with van der Waals surface area (Å²) in [7, 11) is 0. The van der Waals surface area contributed by atoms with E-state index in [1.165, 1.54) is 0 Å². The summed E-state index contributed by atoms with van der Waals surface area (Å²) in [5, 5.41) is 2.78. The van der Waals surface area contributed by atoms with Crippen LogP contribution in [-0.2, 0) is 4.79 Å². The fraction of sp³-hybridized carbons (Fsp3) is 0. The normalized spacial score (nSPS) is 15.3. The molecule has 1 amide bonds. The Morgan fingerprint density at radius 3 is 2.72 bits per heavy atom. The molecule has 87 valence electrons. The van der Waals surface area contributed by atoms with Gasteiger partial charge in [-0.2, -0.15) is 0 Å². The number of carbonyl (C=O) groups is 1. The molecule has 0 fully saturated rings. The lowest BCUT2D eigenvalue weighted by Gasteiger charge is -2.19. The van der Waals surface area contributed by atoms with Gasteiger partial charge in [-0.05, 0) is 24.3 Å². The average molecular weight is 237 g/mol. The number of hydrogen-bond acceptors (Lipinski definition) is 2. The second-order valence-corrected chi connectivity index (χ2v) is 3.69. The molecule has 3 rings (SSSR count). The maximum Gasteiger partial charge on any atom is 0.291 e. The van der Waals surface area contributed by atoms with Crippen LogP contribution in [0.2, 0.25) is 0 Å². The topological polar surface area (TPSA) is 54.1 Å². The zero-order chi connectivity index (χ0) is 11.7. The Morgan fingerprint density at radius 2 is 1.94 bits per heavy atom. The van der Waals surface area contributed by atoms with Gasteiger partial charge in [-0.15, -0.1) is 0 Å². The van der Waals surface area contributed by atoms with Crippen molar-refractivity contribution in [3.05, 3.63) is 54.0 Å². The van der Waals surface area contributed by atoms with E-state index in [0.717, 1.165) is 5.69 Å². The van der Waals surface area contributed by atoms with Crippen LogP contribution in [0.3, 0.4) is 0 Å². The van der Waals surface area contributed by atoms with E-state index in [9.17, 15) is 4.79 Å². The summed E-state index contributed by atoms with van der Waals surface area (Å²) in [6.07, 6.45) is 3.46. The van der Waals surface area contributed by atoms with Crippen LogP contribution in [0.4, 0.5) is 5.69 Å². The Bertz CT molecular complexity index is 591. The summed E-state index contributed by atoms with van der Waals surface area (Å²) in [5.41, 5.74) is 1.52. The molecule has 1 aliphatic rings. The van der Waals surface area contributed by atoms with Crippen molar-refractivity contribution in [2.75, 3.05) is 5.32 Å². The highest BCUT2D eigenvalue weighted by Crippen LogP contribution is 2.30. The first-order valence-corrected chi connectivity index (χ1v) is 5.26. The highest BCUT2D eigenvalue weighted by Gasteiger charge is 2.21. The molecule has 2 heterocycles. The molecule has 1 aromatic carbocycles. The lowest BCUT2D eigenvalue weighted by Crippen LogP contribution is -2.23. The molecule has 1 aliphatic heterocycles. The van der Waals surface area contributed by atoms with E-state index >= 15 is 0 Å². The lowest BCUT2D eigenvalue weighted by molar-refractivity contribution is -0.115. The molecule has 2 aromatic rings. The van der Waals surface area contributed by atoms with Crippen molar-refractivity contribution in [1.29, 1.82) is 0 Å². The Morgan fingerprint density at radius 1 is 1.11 bits per heavy atom. The third-order valence-corrected chi connectivity index (χ3v) is 2.49. The van der Waals surface area contributed by atoms with Crippen LogP contribution < -0.4 is 10.1 Å². The SMILES string of the molecule is O=C1Nc2ccccc2OC1=Cc1ccc[nH]1.[B]. The molecule has 4 nitrogen and oxygen atoms in total. The number of rotatable bonds is 1. The Balaban J connectivity index is 0.00000120. The number of aromatic nitrogens is 1. The molecule has 0 saturated carbocycles. The van der Waals surface area contributed by atoms with Crippen molar-refractivity contribution in [3.8, 4) is 5.75 Å². The summed E-state index contributed by atoms with van der Waals surface area (Å²) < 4.78 is 5.55. The predicted molar refractivity (Wildman–Crippen MR) is 70.2 cm³/mol. The Labute approximate surface area is 106 Å². The number of ether oxygens (including phenoxy) is 1. The third kappa shape index (κ3) is 2.15. The minimum absolute atomic E-state index is 0. The number of nitrogens with one attached hydrogen (secondary N) is 2. The molecular formula is C13H10BN2O2. The first-order chi connectivity index (χ1) is 8.33. The zero-order valence-corrected chi connectivity index (χ0v) is 9.51. The number of carbonyl (C=O) groups excluding carboxylic acids is 1. The highest BCUT2D eigenvalue weighted by atomic mass is 16.5. The Hall–Kier alpha value is -2.43. The zero-order valence-electron chi connectivity index (χ0n) is 9.51. The summed E-state index contributed by atoms with van der Waals surface area (Å²) in [6.45, 7) is 0. The van der Waals surface area contributed by atoms with Crippen molar-refractivity contribution >= 4 is 26.1 Å². The molecule has 1 aromatic heterocycles. The van der Waals surface area contributed by atoms with Crippen LogP contribution in [-0.4, -0.2) is 19.3 Å². The van der Waals surface area contributed by atoms with Crippen LogP contribution in [0.25, 0.3) is 6.08 Å². The van der Waals surface area contributed by atoms with Crippen LogP contribution in [0.1, 0.15) is 5.69 Å². The van der Waals surface area contributed by atoms with Crippen LogP contribution in [0.5, 0.6) is 5.75 Å². The van der Waals surface area contributed by atoms with Crippen LogP contribution in [0.15, 0.2) is 48.4 Å². The van der Waals surface area contributed by atoms with Crippen molar-refractivity contribution in [3.63, 3.8) is 0 Å². The monoisotopic (exact) mass is 237 g/mol. The summed E-state index contributed by atoms with van der Waals surface area (Å²) in [4.78, 5) is 14.8. The van der Waals surface area contributed by atoms with E-state index in [-0.39, 0.29) is 20.1 Å². The molecule has 0 spiro atoms. The lowest BCUT2D eigenvalue weighted by atomic mass is 10.2. The molecule has 0 saturated heterocycles. The number of anilines is 1. The first-order valence-electron chi connectivity index (χ1n) is 5.26. The van der Waals surface area contributed by atoms with Gasteiger partial charge in [-0.1, -0.05) is 12.1 Å². The van der Waals surface area contributed by atoms with Gasteiger partial charge in [-0.3, -0.25) is 4.79 Å². The van der Waals surface area contributed by atoms with Gasteiger partial charge in [0.2, 0.25) is 0 Å². The largest absolute Gasteiger partial charge is 0.449 e. The van der Waals surface area contributed by atoms with E-state index in [1.807, 2.05) is 30.3 Å². The van der Waals surface area contributed by atoms with Crippen molar-refractivity contribution < 1.29 is 9.53 Å². The molecular weight excluding hydrogens is 227 g/mol. The van der Waals surface area contributed by atoms with E-state index < -0.39 is 0 Å². The van der Waals surface area contributed by atoms with E-state index in [2.05, 4.69) is 10.3 Å². The van der Waals surface area contributed by atoms with Gasteiger partial charge in [0.1, 0.15) is 0 Å². The van der Waals surface area contributed by atoms with Crippen LogP contribution in [0, 0.1) is 0 Å². The van der Waals surface area contributed by atoms with Crippen LogP contribution >= 0.6 is 0 Å². The Kier molecular flexibility index (Phi) is 3.23. The maximum atomic E-state index is 11.8. The predicted octanol–water partition coefficient (Wildman–Crippen LogP) is 2.01. The molecule has 0 bridgehead atoms. The number of hydrogen-bond donors (Lipinski definition) is 2. The number of aromatic amines is 1. The summed E-state index contributed by atoms with van der Waals surface area (Å²) >= 11 is 0. The van der Waals surface area contributed by atoms with Gasteiger partial charge in [0.25, 0.3) is 5.91 Å². The molecule has 3 radical (unpaired) electrons. The third-order valence-electron chi connectivity index (χ3n) is 2.49. The maximum absolute atomic E-state index is 11.8. The van der Waals surface area contributed by atoms with Gasteiger partial charge >= 0.3 is 0 Å². The van der Waals surface area contributed by atoms with Gasteiger partial charge < -0.3 is 15.0 Å². The molecule has 18 heavy (non-hydrogen) atoms. The smallest absolute Gasteiger partial charge is 0.291 e. The van der Waals surface area contributed by atoms with Crippen molar-refractivity contribution in [2.24, 2.45) is 0 Å². The highest BCUT2D eigenvalue weighted by molar-refractivity contribution is 6.07. The van der Waals surface area contributed by atoms with Gasteiger partial charge in [0.05, 0.1) is 5.69 Å². The molecule has 0 unspecified atom stereocenters. The molecule has 0 atom stereocenters. The van der Waals surface area contributed by atoms with E-state index in [0.29, 0.717) is 11.4 Å². The second-order valence-electron chi connectivity index (χ2n) is 3.69. The van der Waals surface area contributed by atoms with Gasteiger partial charge in [0.15, 0.2) is 11.5 Å². The average Bonchev–Trinajstić information content (AvgIpc) is 2.83.